The lowest BCUT2D eigenvalue weighted by atomic mass is 10.0. The van der Waals surface area contributed by atoms with E-state index in [1.165, 1.54) is 5.56 Å². The molecule has 0 bridgehead atoms. The molecule has 15 heavy (non-hydrogen) atoms. The predicted octanol–water partition coefficient (Wildman–Crippen LogP) is 2.74. The van der Waals surface area contributed by atoms with Gasteiger partial charge in [0.1, 0.15) is 5.75 Å². The Balaban J connectivity index is 2.69. The number of para-hydroxylation sites is 1. The second-order valence-corrected chi connectivity index (χ2v) is 3.80. The zero-order valence-corrected chi connectivity index (χ0v) is 9.96. The summed E-state index contributed by atoms with van der Waals surface area (Å²) in [6, 6.07) is 8.01. The summed E-state index contributed by atoms with van der Waals surface area (Å²) in [5.41, 5.74) is 1.18. The molecule has 0 aliphatic rings. The molecule has 1 aromatic rings. The maximum Gasteiger partial charge on any atom is 0.122 e. The van der Waals surface area contributed by atoms with E-state index in [-0.39, 0.29) is 0 Å². The third-order valence-corrected chi connectivity index (χ3v) is 2.76. The zero-order valence-electron chi connectivity index (χ0n) is 9.20. The fraction of sp³-hybridized carbons (Fsp3) is 0.500. The van der Waals surface area contributed by atoms with Gasteiger partial charge in [-0.3, -0.25) is 0 Å². The quantitative estimate of drug-likeness (QED) is 0.697. The minimum Gasteiger partial charge on any atom is -0.496 e. The predicted molar refractivity (Wildman–Crippen MR) is 62.8 cm³/mol. The number of alkyl halides is 1. The van der Waals surface area contributed by atoms with Gasteiger partial charge in [-0.1, -0.05) is 18.2 Å². The summed E-state index contributed by atoms with van der Waals surface area (Å²) in [4.78, 5) is 0. The van der Waals surface area contributed by atoms with Crippen LogP contribution in [-0.2, 0) is 11.2 Å². The highest BCUT2D eigenvalue weighted by Gasteiger charge is 2.11. The summed E-state index contributed by atoms with van der Waals surface area (Å²) >= 11 is 5.87. The van der Waals surface area contributed by atoms with Crippen LogP contribution in [0.3, 0.4) is 0 Å². The molecule has 0 radical (unpaired) electrons. The van der Waals surface area contributed by atoms with Gasteiger partial charge < -0.3 is 9.47 Å². The Morgan fingerprint density at radius 1 is 1.27 bits per heavy atom. The van der Waals surface area contributed by atoms with Crippen molar-refractivity contribution < 1.29 is 9.47 Å². The monoisotopic (exact) mass is 228 g/mol. The Kier molecular flexibility index (Phi) is 5.51. The first kappa shape index (κ1) is 12.3. The average molecular weight is 229 g/mol. The van der Waals surface area contributed by atoms with Gasteiger partial charge in [-0.25, -0.2) is 0 Å². The summed E-state index contributed by atoms with van der Waals surface area (Å²) in [7, 11) is 3.38. The first-order chi connectivity index (χ1) is 7.31. The highest BCUT2D eigenvalue weighted by molar-refractivity contribution is 6.18. The summed E-state index contributed by atoms with van der Waals surface area (Å²) in [5.74, 6) is 1.86. The van der Waals surface area contributed by atoms with Crippen molar-refractivity contribution >= 4 is 11.6 Å². The molecule has 1 atom stereocenters. The second-order valence-electron chi connectivity index (χ2n) is 3.49. The van der Waals surface area contributed by atoms with Gasteiger partial charge in [0.05, 0.1) is 13.7 Å². The molecule has 0 fully saturated rings. The molecule has 0 aromatic heterocycles. The van der Waals surface area contributed by atoms with Crippen molar-refractivity contribution in [1.29, 1.82) is 0 Å². The molecule has 0 aliphatic carbocycles. The van der Waals surface area contributed by atoms with Crippen molar-refractivity contribution in [3.63, 3.8) is 0 Å². The lowest BCUT2D eigenvalue weighted by Gasteiger charge is -2.14. The van der Waals surface area contributed by atoms with E-state index >= 15 is 0 Å². The lowest BCUT2D eigenvalue weighted by molar-refractivity contribution is 0.160. The summed E-state index contributed by atoms with van der Waals surface area (Å²) in [6.45, 7) is 0.682. The van der Waals surface area contributed by atoms with E-state index in [9.17, 15) is 0 Å². The van der Waals surface area contributed by atoms with Crippen LogP contribution in [0.4, 0.5) is 0 Å². The second kappa shape index (κ2) is 6.70. The van der Waals surface area contributed by atoms with Crippen LogP contribution < -0.4 is 4.74 Å². The van der Waals surface area contributed by atoms with Crippen molar-refractivity contribution in [2.45, 2.75) is 6.42 Å². The standard InChI is InChI=1S/C12H17ClO2/c1-14-9-10(8-13)7-11-5-3-4-6-12(11)15-2/h3-6,10H,7-9H2,1-2H3. The molecule has 0 saturated heterocycles. The van der Waals surface area contributed by atoms with Crippen molar-refractivity contribution in [1.82, 2.24) is 0 Å². The molecule has 0 N–H and O–H groups in total. The topological polar surface area (TPSA) is 18.5 Å². The Hall–Kier alpha value is -0.730. The summed E-state index contributed by atoms with van der Waals surface area (Å²) in [6.07, 6.45) is 0.890. The summed E-state index contributed by atoms with van der Waals surface area (Å²) in [5, 5.41) is 0. The van der Waals surface area contributed by atoms with Crippen LogP contribution in [0, 0.1) is 5.92 Å². The average Bonchev–Trinajstić information content (AvgIpc) is 2.29. The zero-order chi connectivity index (χ0) is 11.1. The Bertz CT molecular complexity index is 289. The van der Waals surface area contributed by atoms with Crippen LogP contribution >= 0.6 is 11.6 Å². The third kappa shape index (κ3) is 3.73. The maximum atomic E-state index is 5.87. The van der Waals surface area contributed by atoms with E-state index in [1.54, 1.807) is 14.2 Å². The smallest absolute Gasteiger partial charge is 0.122 e. The van der Waals surface area contributed by atoms with E-state index in [0.717, 1.165) is 12.2 Å². The van der Waals surface area contributed by atoms with Crippen LogP contribution in [0.1, 0.15) is 5.56 Å². The van der Waals surface area contributed by atoms with E-state index in [2.05, 4.69) is 6.07 Å². The molecular weight excluding hydrogens is 212 g/mol. The van der Waals surface area contributed by atoms with Gasteiger partial charge in [0.2, 0.25) is 0 Å². The van der Waals surface area contributed by atoms with Crippen molar-refractivity contribution in [2.75, 3.05) is 26.7 Å². The van der Waals surface area contributed by atoms with Crippen LogP contribution in [0.5, 0.6) is 5.75 Å². The minimum absolute atomic E-state index is 0.341. The number of hydrogen-bond donors (Lipinski definition) is 0. The molecule has 0 spiro atoms. The van der Waals surface area contributed by atoms with E-state index < -0.39 is 0 Å². The van der Waals surface area contributed by atoms with E-state index in [0.29, 0.717) is 18.4 Å². The van der Waals surface area contributed by atoms with Crippen LogP contribution in [-0.4, -0.2) is 26.7 Å². The number of benzene rings is 1. The highest BCUT2D eigenvalue weighted by Crippen LogP contribution is 2.21. The van der Waals surface area contributed by atoms with Gasteiger partial charge in [-0.05, 0) is 24.0 Å². The first-order valence-electron chi connectivity index (χ1n) is 4.98. The Labute approximate surface area is 96.2 Å². The molecule has 3 heteroatoms. The van der Waals surface area contributed by atoms with E-state index in [4.69, 9.17) is 21.1 Å². The van der Waals surface area contributed by atoms with Crippen molar-refractivity contribution in [2.24, 2.45) is 5.92 Å². The van der Waals surface area contributed by atoms with Gasteiger partial charge in [-0.2, -0.15) is 0 Å². The molecule has 0 saturated carbocycles. The molecule has 0 amide bonds. The molecule has 0 aliphatic heterocycles. The van der Waals surface area contributed by atoms with Gasteiger partial charge in [0.15, 0.2) is 0 Å². The molecular formula is C12H17ClO2. The van der Waals surface area contributed by atoms with Crippen molar-refractivity contribution in [3.05, 3.63) is 29.8 Å². The first-order valence-corrected chi connectivity index (χ1v) is 5.52. The number of hydrogen-bond acceptors (Lipinski definition) is 2. The fourth-order valence-electron chi connectivity index (χ4n) is 1.58. The van der Waals surface area contributed by atoms with Crippen molar-refractivity contribution in [3.8, 4) is 5.75 Å². The Morgan fingerprint density at radius 2 is 2.00 bits per heavy atom. The molecule has 2 nitrogen and oxygen atoms in total. The van der Waals surface area contributed by atoms with Gasteiger partial charge in [0, 0.05) is 13.0 Å². The maximum absolute atomic E-state index is 5.87. The molecule has 0 heterocycles. The SMILES string of the molecule is COCC(CCl)Cc1ccccc1OC. The van der Waals surface area contributed by atoms with Gasteiger partial charge >= 0.3 is 0 Å². The van der Waals surface area contributed by atoms with Crippen LogP contribution in [0.15, 0.2) is 24.3 Å². The number of ether oxygens (including phenoxy) is 2. The molecule has 84 valence electrons. The largest absolute Gasteiger partial charge is 0.496 e. The van der Waals surface area contributed by atoms with Crippen LogP contribution in [0.25, 0.3) is 0 Å². The third-order valence-electron chi connectivity index (χ3n) is 2.32. The van der Waals surface area contributed by atoms with Crippen LogP contribution in [0.2, 0.25) is 0 Å². The molecule has 1 aromatic carbocycles. The number of halogens is 1. The lowest BCUT2D eigenvalue weighted by Crippen LogP contribution is -2.13. The molecule has 1 unspecified atom stereocenters. The normalized spacial score (nSPS) is 12.5. The van der Waals surface area contributed by atoms with E-state index in [1.807, 2.05) is 18.2 Å². The Morgan fingerprint density at radius 3 is 2.60 bits per heavy atom. The number of methoxy groups -OCH3 is 2. The van der Waals surface area contributed by atoms with Gasteiger partial charge in [-0.15, -0.1) is 11.6 Å². The highest BCUT2D eigenvalue weighted by atomic mass is 35.5. The number of rotatable bonds is 6. The van der Waals surface area contributed by atoms with Gasteiger partial charge in [0.25, 0.3) is 0 Å². The minimum atomic E-state index is 0.341. The fourth-order valence-corrected chi connectivity index (χ4v) is 1.77. The molecule has 1 rings (SSSR count). The summed E-state index contributed by atoms with van der Waals surface area (Å²) < 4.78 is 10.4.